The van der Waals surface area contributed by atoms with Gasteiger partial charge in [0.1, 0.15) is 5.82 Å². The van der Waals surface area contributed by atoms with Gasteiger partial charge in [0.05, 0.1) is 6.42 Å². The first-order valence-electron chi connectivity index (χ1n) is 4.36. The van der Waals surface area contributed by atoms with Gasteiger partial charge in [0.15, 0.2) is 5.16 Å². The third kappa shape index (κ3) is 2.47. The van der Waals surface area contributed by atoms with Gasteiger partial charge < -0.3 is 9.67 Å². The lowest BCUT2D eigenvalue weighted by atomic mass is 10.3. The summed E-state index contributed by atoms with van der Waals surface area (Å²) in [4.78, 5) is 10.4. The van der Waals surface area contributed by atoms with Crippen molar-refractivity contribution >= 4 is 17.7 Å². The van der Waals surface area contributed by atoms with Gasteiger partial charge in [0.25, 0.3) is 0 Å². The largest absolute Gasteiger partial charge is 0.481 e. The average molecular weight is 215 g/mol. The Bertz CT molecular complexity index is 324. The molecule has 0 spiro atoms. The summed E-state index contributed by atoms with van der Waals surface area (Å²) in [6.07, 6.45) is 2.47. The highest BCUT2D eigenvalue weighted by molar-refractivity contribution is 7.98. The molecule has 0 aliphatic carbocycles. The first-order valence-corrected chi connectivity index (χ1v) is 5.59. The number of rotatable bonds is 5. The second-order valence-electron chi connectivity index (χ2n) is 2.74. The van der Waals surface area contributed by atoms with Crippen molar-refractivity contribution in [3.8, 4) is 0 Å². The van der Waals surface area contributed by atoms with Crippen LogP contribution < -0.4 is 0 Å². The van der Waals surface area contributed by atoms with Crippen LogP contribution in [0.15, 0.2) is 5.16 Å². The van der Waals surface area contributed by atoms with Crippen molar-refractivity contribution in [3.05, 3.63) is 5.82 Å². The molecule has 0 fully saturated rings. The second-order valence-corrected chi connectivity index (χ2v) is 3.51. The van der Waals surface area contributed by atoms with Crippen LogP contribution in [0, 0.1) is 0 Å². The summed E-state index contributed by atoms with van der Waals surface area (Å²) >= 11 is 1.52. The van der Waals surface area contributed by atoms with Crippen LogP contribution in [0.4, 0.5) is 0 Å². The number of nitrogens with zero attached hydrogens (tertiary/aromatic N) is 3. The van der Waals surface area contributed by atoms with E-state index < -0.39 is 5.97 Å². The fourth-order valence-electron chi connectivity index (χ4n) is 1.19. The Morgan fingerprint density at radius 3 is 2.79 bits per heavy atom. The van der Waals surface area contributed by atoms with E-state index in [2.05, 4.69) is 10.2 Å². The topological polar surface area (TPSA) is 68.0 Å². The normalized spacial score (nSPS) is 10.4. The van der Waals surface area contributed by atoms with Crippen LogP contribution in [-0.2, 0) is 17.8 Å². The molecule has 0 unspecified atom stereocenters. The summed E-state index contributed by atoms with van der Waals surface area (Å²) in [6.45, 7) is 2.77. The van der Waals surface area contributed by atoms with Crippen molar-refractivity contribution in [3.63, 3.8) is 0 Å². The van der Waals surface area contributed by atoms with E-state index in [0.717, 1.165) is 17.5 Å². The molecule has 1 heterocycles. The van der Waals surface area contributed by atoms with Crippen molar-refractivity contribution < 1.29 is 9.90 Å². The third-order valence-electron chi connectivity index (χ3n) is 1.85. The van der Waals surface area contributed by atoms with E-state index in [1.54, 1.807) is 0 Å². The first-order chi connectivity index (χ1) is 6.69. The standard InChI is InChI=1S/C8H13N3O2S/c1-3-11-6(4-5-7(12)13)9-10-8(11)14-2/h3-5H2,1-2H3,(H,12,13). The Morgan fingerprint density at radius 2 is 2.29 bits per heavy atom. The van der Waals surface area contributed by atoms with Crippen LogP contribution in [0.1, 0.15) is 19.2 Å². The van der Waals surface area contributed by atoms with Crippen LogP contribution >= 0.6 is 11.8 Å². The molecule has 1 aromatic heterocycles. The highest BCUT2D eigenvalue weighted by Crippen LogP contribution is 2.14. The molecule has 1 aromatic rings. The summed E-state index contributed by atoms with van der Waals surface area (Å²) < 4.78 is 1.94. The lowest BCUT2D eigenvalue weighted by molar-refractivity contribution is -0.137. The monoisotopic (exact) mass is 215 g/mol. The van der Waals surface area contributed by atoms with Crippen LogP contribution in [-0.4, -0.2) is 32.1 Å². The molecule has 1 N–H and O–H groups in total. The Kier molecular flexibility index (Phi) is 3.94. The maximum absolute atomic E-state index is 10.4. The number of carbonyl (C=O) groups is 1. The SMILES string of the molecule is CCn1c(CCC(=O)O)nnc1SC. The number of hydrogen-bond donors (Lipinski definition) is 1. The number of carboxylic acid groups (broad SMARTS) is 1. The zero-order valence-electron chi connectivity index (χ0n) is 8.23. The molecule has 0 aliphatic rings. The molecule has 0 atom stereocenters. The van der Waals surface area contributed by atoms with Gasteiger partial charge in [-0.05, 0) is 13.2 Å². The predicted octanol–water partition coefficient (Wildman–Crippen LogP) is 1.04. The minimum absolute atomic E-state index is 0.104. The van der Waals surface area contributed by atoms with Crippen LogP contribution in [0.3, 0.4) is 0 Å². The van der Waals surface area contributed by atoms with Crippen LogP contribution in [0.2, 0.25) is 0 Å². The van der Waals surface area contributed by atoms with Crippen molar-refractivity contribution in [1.82, 2.24) is 14.8 Å². The third-order valence-corrected chi connectivity index (χ3v) is 2.52. The summed E-state index contributed by atoms with van der Waals surface area (Å²) in [5.41, 5.74) is 0. The van der Waals surface area contributed by atoms with Crippen LogP contribution in [0.5, 0.6) is 0 Å². The molecule has 6 heteroatoms. The van der Waals surface area contributed by atoms with Crippen molar-refractivity contribution in [2.75, 3.05) is 6.26 Å². The highest BCUT2D eigenvalue weighted by Gasteiger charge is 2.10. The zero-order valence-corrected chi connectivity index (χ0v) is 9.04. The van der Waals surface area contributed by atoms with Crippen molar-refractivity contribution in [2.45, 2.75) is 31.5 Å². The van der Waals surface area contributed by atoms with Gasteiger partial charge in [-0.25, -0.2) is 0 Å². The fraction of sp³-hybridized carbons (Fsp3) is 0.625. The summed E-state index contributed by atoms with van der Waals surface area (Å²) in [5.74, 6) is -0.0550. The molecule has 5 nitrogen and oxygen atoms in total. The molecule has 1 rings (SSSR count). The van der Waals surface area contributed by atoms with Gasteiger partial charge >= 0.3 is 5.97 Å². The van der Waals surface area contributed by atoms with Gasteiger partial charge in [-0.15, -0.1) is 10.2 Å². The quantitative estimate of drug-likeness (QED) is 0.743. The summed E-state index contributed by atoms with van der Waals surface area (Å²) in [7, 11) is 0. The maximum atomic E-state index is 10.4. The highest BCUT2D eigenvalue weighted by atomic mass is 32.2. The van der Waals surface area contributed by atoms with E-state index in [1.807, 2.05) is 17.7 Å². The van der Waals surface area contributed by atoms with Crippen molar-refractivity contribution in [2.24, 2.45) is 0 Å². The van der Waals surface area contributed by atoms with E-state index in [0.29, 0.717) is 6.42 Å². The summed E-state index contributed by atoms with van der Waals surface area (Å²) in [6, 6.07) is 0. The molecule has 0 amide bonds. The van der Waals surface area contributed by atoms with Crippen molar-refractivity contribution in [1.29, 1.82) is 0 Å². The molecule has 0 bridgehead atoms. The molecule has 0 saturated heterocycles. The lowest BCUT2D eigenvalue weighted by Crippen LogP contribution is -2.06. The molecule has 14 heavy (non-hydrogen) atoms. The van der Waals surface area contributed by atoms with Gasteiger partial charge in [0, 0.05) is 13.0 Å². The summed E-state index contributed by atoms with van der Waals surface area (Å²) in [5, 5.41) is 17.3. The number of aryl methyl sites for hydroxylation is 1. The Morgan fingerprint density at radius 1 is 1.57 bits per heavy atom. The van der Waals surface area contributed by atoms with E-state index in [-0.39, 0.29) is 6.42 Å². The molecule has 0 aliphatic heterocycles. The number of carboxylic acids is 1. The van der Waals surface area contributed by atoms with E-state index in [9.17, 15) is 4.79 Å². The number of aromatic nitrogens is 3. The van der Waals surface area contributed by atoms with Gasteiger partial charge in [-0.2, -0.15) is 0 Å². The average Bonchev–Trinajstić information content (AvgIpc) is 2.56. The Hall–Kier alpha value is -1.04. The Balaban J connectivity index is 2.75. The van der Waals surface area contributed by atoms with E-state index >= 15 is 0 Å². The molecular formula is C8H13N3O2S. The fourth-order valence-corrected chi connectivity index (χ4v) is 1.77. The van der Waals surface area contributed by atoms with Gasteiger partial charge in [-0.1, -0.05) is 11.8 Å². The molecule has 0 aromatic carbocycles. The molecule has 0 radical (unpaired) electrons. The zero-order chi connectivity index (χ0) is 10.6. The second kappa shape index (κ2) is 4.99. The van der Waals surface area contributed by atoms with Gasteiger partial charge in [0.2, 0.25) is 0 Å². The smallest absolute Gasteiger partial charge is 0.303 e. The van der Waals surface area contributed by atoms with E-state index in [1.165, 1.54) is 11.8 Å². The minimum atomic E-state index is -0.804. The van der Waals surface area contributed by atoms with E-state index in [4.69, 9.17) is 5.11 Å². The molecule has 0 saturated carbocycles. The number of hydrogen-bond acceptors (Lipinski definition) is 4. The Labute approximate surface area is 86.5 Å². The predicted molar refractivity (Wildman–Crippen MR) is 53.4 cm³/mol. The maximum Gasteiger partial charge on any atom is 0.303 e. The lowest BCUT2D eigenvalue weighted by Gasteiger charge is -2.03. The molecular weight excluding hydrogens is 202 g/mol. The van der Waals surface area contributed by atoms with Gasteiger partial charge in [-0.3, -0.25) is 4.79 Å². The number of thioether (sulfide) groups is 1. The first kappa shape index (κ1) is 11.0. The molecule has 78 valence electrons. The van der Waals surface area contributed by atoms with Crippen LogP contribution in [0.25, 0.3) is 0 Å². The number of aliphatic carboxylic acids is 1. The minimum Gasteiger partial charge on any atom is -0.481 e.